The predicted molar refractivity (Wildman–Crippen MR) is 122 cm³/mol. The maximum absolute atomic E-state index is 10.9. The molecule has 3 aromatic carbocycles. The molecule has 3 rings (SSSR count). The van der Waals surface area contributed by atoms with Crippen molar-refractivity contribution >= 4 is 23.5 Å². The highest BCUT2D eigenvalue weighted by atomic mass is 32.2. The maximum atomic E-state index is 10.9. The van der Waals surface area contributed by atoms with E-state index >= 15 is 0 Å². The van der Waals surface area contributed by atoms with Crippen LogP contribution in [0.5, 0.6) is 17.2 Å². The number of rotatable bonds is 6. The van der Waals surface area contributed by atoms with Crippen LogP contribution in [0.1, 0.15) is 37.5 Å². The van der Waals surface area contributed by atoms with Crippen molar-refractivity contribution in [3.63, 3.8) is 0 Å². The van der Waals surface area contributed by atoms with Crippen LogP contribution in [0.4, 0.5) is 0 Å². The number of benzene rings is 3. The van der Waals surface area contributed by atoms with Gasteiger partial charge in [0.05, 0.1) is 0 Å². The molecular weight excluding hydrogens is 400 g/mol. The Labute approximate surface area is 180 Å². The number of hydrogen-bond donors (Lipinski definition) is 3. The van der Waals surface area contributed by atoms with Gasteiger partial charge in [0, 0.05) is 32.4 Å². The van der Waals surface area contributed by atoms with E-state index in [-0.39, 0.29) is 22.7 Å². The highest BCUT2D eigenvalue weighted by Crippen LogP contribution is 2.39. The summed E-state index contributed by atoms with van der Waals surface area (Å²) in [5.74, 6) is 1.89. The molecule has 5 heteroatoms. The summed E-state index contributed by atoms with van der Waals surface area (Å²) < 4.78 is 0. The van der Waals surface area contributed by atoms with Crippen molar-refractivity contribution in [2.45, 2.75) is 47.5 Å². The van der Waals surface area contributed by atoms with Crippen LogP contribution >= 0.6 is 23.5 Å². The van der Waals surface area contributed by atoms with E-state index in [4.69, 9.17) is 0 Å². The van der Waals surface area contributed by atoms with E-state index in [0.717, 1.165) is 26.5 Å². The van der Waals surface area contributed by atoms with Crippen LogP contribution in [0.15, 0.2) is 70.5 Å². The third-order valence-corrected chi connectivity index (χ3v) is 6.85. The van der Waals surface area contributed by atoms with Gasteiger partial charge in [-0.3, -0.25) is 0 Å². The van der Waals surface area contributed by atoms with Crippen molar-refractivity contribution in [2.75, 3.05) is 0 Å². The first-order valence-electron chi connectivity index (χ1n) is 9.42. The Morgan fingerprint density at radius 2 is 1.10 bits per heavy atom. The van der Waals surface area contributed by atoms with E-state index in [0.29, 0.717) is 11.5 Å². The van der Waals surface area contributed by atoms with Gasteiger partial charge in [0.1, 0.15) is 17.2 Å². The second-order valence-corrected chi connectivity index (χ2v) is 9.94. The van der Waals surface area contributed by atoms with E-state index in [1.165, 1.54) is 23.5 Å². The van der Waals surface area contributed by atoms with E-state index in [1.807, 2.05) is 24.3 Å². The van der Waals surface area contributed by atoms with Crippen LogP contribution < -0.4 is 0 Å². The molecule has 0 atom stereocenters. The summed E-state index contributed by atoms with van der Waals surface area (Å²) in [5, 5.41) is 31.0. The van der Waals surface area contributed by atoms with Crippen molar-refractivity contribution < 1.29 is 15.3 Å². The molecule has 0 aliphatic rings. The van der Waals surface area contributed by atoms with Crippen LogP contribution in [0, 0.1) is 0 Å². The lowest BCUT2D eigenvalue weighted by Crippen LogP contribution is -2.12. The van der Waals surface area contributed by atoms with Gasteiger partial charge in [-0.15, -0.1) is 23.5 Å². The third-order valence-electron chi connectivity index (χ3n) is 4.63. The van der Waals surface area contributed by atoms with Crippen molar-refractivity contribution in [1.82, 2.24) is 0 Å². The van der Waals surface area contributed by atoms with Crippen LogP contribution in [-0.2, 0) is 16.9 Å². The Bertz CT molecular complexity index is 923. The lowest BCUT2D eigenvalue weighted by atomic mass is 9.85. The van der Waals surface area contributed by atoms with Crippen molar-refractivity contribution in [2.24, 2.45) is 0 Å². The summed E-state index contributed by atoms with van der Waals surface area (Å²) in [7, 11) is 0. The monoisotopic (exact) mass is 426 g/mol. The first-order valence-corrected chi connectivity index (χ1v) is 11.4. The molecular formula is C24H26O3S2. The predicted octanol–water partition coefficient (Wildman–Crippen LogP) is 6.69. The van der Waals surface area contributed by atoms with Crippen molar-refractivity contribution in [3.8, 4) is 17.2 Å². The minimum Gasteiger partial charge on any atom is -0.507 e. The average molecular weight is 427 g/mol. The summed E-state index contributed by atoms with van der Waals surface area (Å²) in [6.07, 6.45) is 0. The molecule has 0 saturated heterocycles. The number of aromatic hydroxyl groups is 3. The summed E-state index contributed by atoms with van der Waals surface area (Å²) in [6, 6.07) is 18.6. The van der Waals surface area contributed by atoms with Gasteiger partial charge in [-0.1, -0.05) is 57.2 Å². The molecule has 3 nitrogen and oxygen atoms in total. The number of para-hydroxylation sites is 2. The van der Waals surface area contributed by atoms with Crippen LogP contribution in [-0.4, -0.2) is 15.3 Å². The van der Waals surface area contributed by atoms with Gasteiger partial charge in [-0.25, -0.2) is 0 Å². The third kappa shape index (κ3) is 5.43. The molecule has 0 radical (unpaired) electrons. The van der Waals surface area contributed by atoms with Crippen molar-refractivity contribution in [1.29, 1.82) is 0 Å². The van der Waals surface area contributed by atoms with Gasteiger partial charge in [-0.2, -0.15) is 0 Å². The minimum atomic E-state index is -0.0592. The molecule has 0 bridgehead atoms. The molecule has 0 spiro atoms. The SMILES string of the molecule is CC(C)(C)c1cc(CSc2ccccc2O)c(O)c(CSc2ccccc2O)c1. The first kappa shape index (κ1) is 21.5. The fourth-order valence-electron chi connectivity index (χ4n) is 2.88. The molecule has 3 aromatic rings. The molecule has 3 N–H and O–H groups in total. The second-order valence-electron chi connectivity index (χ2n) is 7.91. The molecule has 0 heterocycles. The number of hydrogen-bond acceptors (Lipinski definition) is 5. The number of phenolic OH excluding ortho intramolecular Hbond substituents is 3. The summed E-state index contributed by atoms with van der Waals surface area (Å²) in [4.78, 5) is 1.58. The van der Waals surface area contributed by atoms with Crippen molar-refractivity contribution in [3.05, 3.63) is 77.4 Å². The lowest BCUT2D eigenvalue weighted by Gasteiger charge is -2.22. The van der Waals surface area contributed by atoms with E-state index in [2.05, 4.69) is 32.9 Å². The van der Waals surface area contributed by atoms with E-state index < -0.39 is 0 Å². The van der Waals surface area contributed by atoms with Gasteiger partial charge < -0.3 is 15.3 Å². The van der Waals surface area contributed by atoms with E-state index in [9.17, 15) is 15.3 Å². The second kappa shape index (κ2) is 9.06. The zero-order valence-corrected chi connectivity index (χ0v) is 18.5. The Morgan fingerprint density at radius 3 is 1.48 bits per heavy atom. The summed E-state index contributed by atoms with van der Waals surface area (Å²) in [5.41, 5.74) is 2.78. The van der Waals surface area contributed by atoms with Gasteiger partial charge in [0.25, 0.3) is 0 Å². The van der Waals surface area contributed by atoms with Gasteiger partial charge in [0.2, 0.25) is 0 Å². The Kier molecular flexibility index (Phi) is 6.70. The summed E-state index contributed by atoms with van der Waals surface area (Å²) >= 11 is 3.00. The molecule has 0 aromatic heterocycles. The molecule has 0 saturated carbocycles. The Morgan fingerprint density at radius 1 is 0.690 bits per heavy atom. The molecule has 0 amide bonds. The highest BCUT2D eigenvalue weighted by molar-refractivity contribution is 7.99. The molecule has 0 aliphatic heterocycles. The Balaban J connectivity index is 1.88. The summed E-state index contributed by atoms with van der Waals surface area (Å²) in [6.45, 7) is 6.46. The van der Waals surface area contributed by atoms with Gasteiger partial charge >= 0.3 is 0 Å². The number of thioether (sulfide) groups is 2. The van der Waals surface area contributed by atoms with E-state index in [1.54, 1.807) is 24.3 Å². The average Bonchev–Trinajstić information content (AvgIpc) is 2.67. The minimum absolute atomic E-state index is 0.0592. The number of phenols is 3. The maximum Gasteiger partial charge on any atom is 0.129 e. The highest BCUT2D eigenvalue weighted by Gasteiger charge is 2.19. The topological polar surface area (TPSA) is 60.7 Å². The normalized spacial score (nSPS) is 11.6. The quantitative estimate of drug-likeness (QED) is 0.384. The smallest absolute Gasteiger partial charge is 0.129 e. The Hall–Kier alpha value is -2.24. The molecule has 0 aliphatic carbocycles. The molecule has 0 unspecified atom stereocenters. The van der Waals surface area contributed by atoms with Crippen LogP contribution in [0.25, 0.3) is 0 Å². The molecule has 152 valence electrons. The zero-order chi connectivity index (χ0) is 21.0. The van der Waals surface area contributed by atoms with Gasteiger partial charge in [-0.05, 0) is 35.2 Å². The largest absolute Gasteiger partial charge is 0.507 e. The fourth-order valence-corrected chi connectivity index (χ4v) is 4.73. The van der Waals surface area contributed by atoms with Gasteiger partial charge in [0.15, 0.2) is 0 Å². The molecule has 29 heavy (non-hydrogen) atoms. The first-order chi connectivity index (χ1) is 13.8. The van der Waals surface area contributed by atoms with Crippen LogP contribution in [0.3, 0.4) is 0 Å². The lowest BCUT2D eigenvalue weighted by molar-refractivity contribution is 0.461. The standard InChI is InChI=1S/C24H26O3S2/c1-24(2,3)18-12-16(14-28-21-10-6-4-8-19(21)25)23(27)17(13-18)15-29-22-11-7-5-9-20(22)26/h4-13,25-27H,14-15H2,1-3H3. The zero-order valence-electron chi connectivity index (χ0n) is 16.8. The molecule has 0 fully saturated rings. The van der Waals surface area contributed by atoms with Crippen LogP contribution in [0.2, 0.25) is 0 Å². The fraction of sp³-hybridized carbons (Fsp3) is 0.250.